The molecule has 0 saturated heterocycles. The van der Waals surface area contributed by atoms with Gasteiger partial charge < -0.3 is 23.8 Å². The normalized spacial score (nSPS) is 11.3. The summed E-state index contributed by atoms with van der Waals surface area (Å²) in [5, 5.41) is 2.80. The lowest BCUT2D eigenvalue weighted by Gasteiger charge is -2.28. The zero-order valence-electron chi connectivity index (χ0n) is 22.4. The second-order valence-electron chi connectivity index (χ2n) is 9.47. The van der Waals surface area contributed by atoms with Crippen LogP contribution in [0.15, 0.2) is 36.4 Å². The van der Waals surface area contributed by atoms with E-state index in [0.717, 1.165) is 32.6 Å². The molecule has 0 unspecified atom stereocenters. The first kappa shape index (κ1) is 26.4. The SMILES string of the molecule is CCN(CC)C(=O)Oc1c(-c2cc(OC)c3c(OC)cccc3c2OC)ccc(C)c1[Si](C)(C)C. The quantitative estimate of drug-likeness (QED) is 0.347. The number of carbonyl (C=O) groups excluding carboxylic acids is 1. The third kappa shape index (κ3) is 4.96. The Hall–Kier alpha value is -3.19. The van der Waals surface area contributed by atoms with Crippen LogP contribution in [0.5, 0.6) is 23.0 Å². The minimum Gasteiger partial charge on any atom is -0.496 e. The van der Waals surface area contributed by atoms with Gasteiger partial charge in [-0.1, -0.05) is 43.9 Å². The van der Waals surface area contributed by atoms with E-state index < -0.39 is 8.07 Å². The number of carbonyl (C=O) groups is 1. The number of nitrogens with zero attached hydrogens (tertiary/aromatic N) is 1. The summed E-state index contributed by atoms with van der Waals surface area (Å²) in [6, 6.07) is 11.9. The van der Waals surface area contributed by atoms with Gasteiger partial charge >= 0.3 is 6.09 Å². The van der Waals surface area contributed by atoms with Gasteiger partial charge in [-0.3, -0.25) is 0 Å². The second kappa shape index (κ2) is 10.6. The number of hydrogen-bond acceptors (Lipinski definition) is 5. The van der Waals surface area contributed by atoms with Gasteiger partial charge in [0.2, 0.25) is 0 Å². The summed E-state index contributed by atoms with van der Waals surface area (Å²) in [5.41, 5.74) is 2.71. The molecule has 3 rings (SSSR count). The molecule has 0 aliphatic carbocycles. The van der Waals surface area contributed by atoms with Crippen molar-refractivity contribution in [2.24, 2.45) is 0 Å². The molecule has 0 N–H and O–H groups in total. The summed E-state index contributed by atoms with van der Waals surface area (Å²) < 4.78 is 23.6. The van der Waals surface area contributed by atoms with Crippen LogP contribution in [0.4, 0.5) is 4.79 Å². The zero-order valence-corrected chi connectivity index (χ0v) is 23.4. The van der Waals surface area contributed by atoms with Crippen LogP contribution >= 0.6 is 0 Å². The van der Waals surface area contributed by atoms with Gasteiger partial charge in [-0.15, -0.1) is 0 Å². The minimum atomic E-state index is -1.91. The maximum absolute atomic E-state index is 13.2. The highest BCUT2D eigenvalue weighted by atomic mass is 28.3. The predicted octanol–water partition coefficient (Wildman–Crippen LogP) is 6.23. The number of methoxy groups -OCH3 is 3. The molecule has 188 valence electrons. The van der Waals surface area contributed by atoms with Crippen molar-refractivity contribution >= 4 is 30.1 Å². The lowest BCUT2D eigenvalue weighted by molar-refractivity contribution is 0.158. The minimum absolute atomic E-state index is 0.352. The van der Waals surface area contributed by atoms with Crippen LogP contribution in [0.2, 0.25) is 19.6 Å². The molecule has 0 aliphatic heterocycles. The lowest BCUT2D eigenvalue weighted by atomic mass is 9.96. The van der Waals surface area contributed by atoms with Gasteiger partial charge in [-0.2, -0.15) is 0 Å². The molecule has 6 nitrogen and oxygen atoms in total. The van der Waals surface area contributed by atoms with Crippen LogP contribution in [-0.4, -0.2) is 53.5 Å². The second-order valence-corrected chi connectivity index (χ2v) is 14.5. The van der Waals surface area contributed by atoms with E-state index in [0.29, 0.717) is 36.1 Å². The average molecular weight is 496 g/mol. The van der Waals surface area contributed by atoms with Crippen molar-refractivity contribution in [2.75, 3.05) is 34.4 Å². The van der Waals surface area contributed by atoms with Crippen LogP contribution in [0.25, 0.3) is 21.9 Å². The van der Waals surface area contributed by atoms with Crippen molar-refractivity contribution in [1.29, 1.82) is 0 Å². The third-order valence-electron chi connectivity index (χ3n) is 6.30. The number of aryl methyl sites for hydroxylation is 1. The Morgan fingerprint density at radius 1 is 0.857 bits per heavy atom. The Bertz CT molecular complexity index is 1230. The van der Waals surface area contributed by atoms with E-state index in [1.54, 1.807) is 26.2 Å². The van der Waals surface area contributed by atoms with E-state index >= 15 is 0 Å². The van der Waals surface area contributed by atoms with Gasteiger partial charge in [0.05, 0.1) is 34.8 Å². The molecule has 0 fully saturated rings. The van der Waals surface area contributed by atoms with Crippen molar-refractivity contribution in [2.45, 2.75) is 40.4 Å². The van der Waals surface area contributed by atoms with Gasteiger partial charge in [-0.05, 0) is 43.7 Å². The van der Waals surface area contributed by atoms with Crippen LogP contribution in [-0.2, 0) is 0 Å². The molecule has 7 heteroatoms. The maximum atomic E-state index is 13.2. The molecule has 3 aromatic rings. The smallest absolute Gasteiger partial charge is 0.415 e. The fourth-order valence-electron chi connectivity index (χ4n) is 4.70. The van der Waals surface area contributed by atoms with E-state index in [1.807, 2.05) is 44.2 Å². The van der Waals surface area contributed by atoms with Gasteiger partial charge in [-0.25, -0.2) is 4.79 Å². The number of fused-ring (bicyclic) bond motifs is 1. The van der Waals surface area contributed by atoms with E-state index in [9.17, 15) is 4.79 Å². The first-order chi connectivity index (χ1) is 16.6. The molecule has 1 amide bonds. The molecule has 0 bridgehead atoms. The fraction of sp³-hybridized carbons (Fsp3) is 0.393. The molecule has 0 aliphatic rings. The monoisotopic (exact) mass is 495 g/mol. The highest BCUT2D eigenvalue weighted by molar-refractivity contribution is 6.89. The molecule has 0 atom stereocenters. The third-order valence-corrected chi connectivity index (χ3v) is 8.42. The van der Waals surface area contributed by atoms with Crippen molar-refractivity contribution < 1.29 is 23.7 Å². The Morgan fingerprint density at radius 2 is 1.51 bits per heavy atom. The molecule has 0 saturated carbocycles. The topological polar surface area (TPSA) is 57.2 Å². The molecule has 0 radical (unpaired) electrons. The van der Waals surface area contributed by atoms with Crippen molar-refractivity contribution in [3.63, 3.8) is 0 Å². The highest BCUT2D eigenvalue weighted by Crippen LogP contribution is 2.47. The van der Waals surface area contributed by atoms with E-state index in [4.69, 9.17) is 18.9 Å². The average Bonchev–Trinajstić information content (AvgIpc) is 2.82. The van der Waals surface area contributed by atoms with Crippen LogP contribution in [0, 0.1) is 6.92 Å². The summed E-state index contributed by atoms with van der Waals surface area (Å²) in [6.45, 7) is 13.9. The number of rotatable bonds is 8. The van der Waals surface area contributed by atoms with Gasteiger partial charge in [0.25, 0.3) is 0 Å². The first-order valence-corrected chi connectivity index (χ1v) is 15.5. The summed E-state index contributed by atoms with van der Waals surface area (Å²) in [6.07, 6.45) is -0.352. The Balaban J connectivity index is 2.42. The van der Waals surface area contributed by atoms with E-state index in [1.165, 1.54) is 0 Å². The molecule has 0 spiro atoms. The Morgan fingerprint density at radius 3 is 2.06 bits per heavy atom. The number of amides is 1. The number of hydrogen-bond donors (Lipinski definition) is 0. The predicted molar refractivity (Wildman–Crippen MR) is 146 cm³/mol. The standard InChI is InChI=1S/C28H37NO5Si/c1-10-29(11-2)28(30)34-26-19(16-15-18(3)27(26)35(7,8)9)21-17-23(32-5)24-20(25(21)33-6)13-12-14-22(24)31-4/h12-17H,10-11H2,1-9H3. The summed E-state index contributed by atoms with van der Waals surface area (Å²) in [5.74, 6) is 2.63. The molecular weight excluding hydrogens is 458 g/mol. The van der Waals surface area contributed by atoms with Gasteiger partial charge in [0.1, 0.15) is 23.0 Å². The summed E-state index contributed by atoms with van der Waals surface area (Å²) >= 11 is 0. The lowest BCUT2D eigenvalue weighted by Crippen LogP contribution is -2.43. The first-order valence-electron chi connectivity index (χ1n) is 12.0. The zero-order chi connectivity index (χ0) is 25.9. The maximum Gasteiger partial charge on any atom is 0.415 e. The van der Waals surface area contributed by atoms with E-state index in [2.05, 4.69) is 32.6 Å². The van der Waals surface area contributed by atoms with Crippen molar-refractivity contribution in [3.8, 4) is 34.1 Å². The number of benzene rings is 3. The van der Waals surface area contributed by atoms with Crippen molar-refractivity contribution in [3.05, 3.63) is 42.0 Å². The molecule has 0 heterocycles. The van der Waals surface area contributed by atoms with Crippen LogP contribution < -0.4 is 24.1 Å². The largest absolute Gasteiger partial charge is 0.496 e. The van der Waals surface area contributed by atoms with Crippen LogP contribution in [0.1, 0.15) is 19.4 Å². The van der Waals surface area contributed by atoms with Gasteiger partial charge in [0.15, 0.2) is 0 Å². The Labute approximate surface area is 209 Å². The summed E-state index contributed by atoms with van der Waals surface area (Å²) in [7, 11) is 3.02. The molecule has 0 aromatic heterocycles. The summed E-state index contributed by atoms with van der Waals surface area (Å²) in [4.78, 5) is 14.9. The van der Waals surface area contributed by atoms with Crippen molar-refractivity contribution in [1.82, 2.24) is 4.90 Å². The van der Waals surface area contributed by atoms with E-state index in [-0.39, 0.29) is 6.09 Å². The fourth-order valence-corrected chi connectivity index (χ4v) is 6.84. The van der Waals surface area contributed by atoms with Crippen LogP contribution in [0.3, 0.4) is 0 Å². The Kier molecular flexibility index (Phi) is 8.00. The molecule has 3 aromatic carbocycles. The number of ether oxygens (including phenoxy) is 4. The highest BCUT2D eigenvalue weighted by Gasteiger charge is 2.30. The van der Waals surface area contributed by atoms with Gasteiger partial charge in [0, 0.05) is 29.6 Å². The molecule has 35 heavy (non-hydrogen) atoms. The molecular formula is C28H37NO5Si.